The van der Waals surface area contributed by atoms with Crippen molar-refractivity contribution in [1.82, 2.24) is 9.88 Å². The summed E-state index contributed by atoms with van der Waals surface area (Å²) in [5.41, 5.74) is -0.0444. The molecule has 0 spiro atoms. The van der Waals surface area contributed by atoms with Gasteiger partial charge in [0.15, 0.2) is 0 Å². The van der Waals surface area contributed by atoms with Crippen LogP contribution in [0.15, 0.2) is 18.3 Å². The van der Waals surface area contributed by atoms with Crippen molar-refractivity contribution in [2.45, 2.75) is 59.0 Å². The summed E-state index contributed by atoms with van der Waals surface area (Å²) in [4.78, 5) is 16.5. The van der Waals surface area contributed by atoms with Gasteiger partial charge in [-0.2, -0.15) is 5.26 Å². The Kier molecular flexibility index (Phi) is 9.65. The minimum absolute atomic E-state index is 0.0799. The summed E-state index contributed by atoms with van der Waals surface area (Å²) < 4.78 is 29.7. The first-order chi connectivity index (χ1) is 11.6. The van der Waals surface area contributed by atoms with Gasteiger partial charge in [0.1, 0.15) is 5.60 Å². The predicted molar refractivity (Wildman–Crippen MR) is 92.4 cm³/mol. The molecule has 0 fully saturated rings. The molecule has 0 aromatic carbocycles. The molecule has 0 saturated heterocycles. The fourth-order valence-corrected chi connectivity index (χ4v) is 1.63. The molecule has 1 amide bonds. The van der Waals surface area contributed by atoms with Gasteiger partial charge in [-0.1, -0.05) is 6.92 Å². The van der Waals surface area contributed by atoms with Crippen LogP contribution < -0.4 is 0 Å². The highest BCUT2D eigenvalue weighted by Crippen LogP contribution is 2.22. The van der Waals surface area contributed by atoms with Crippen molar-refractivity contribution in [3.63, 3.8) is 0 Å². The second-order valence-electron chi connectivity index (χ2n) is 6.40. The first-order valence-electron chi connectivity index (χ1n) is 8.13. The fraction of sp³-hybridized carbons (Fsp3) is 0.611. The lowest BCUT2D eigenvalue weighted by molar-refractivity contribution is 0.0308. The van der Waals surface area contributed by atoms with E-state index in [4.69, 9.17) is 10.00 Å². The highest BCUT2D eigenvalue weighted by molar-refractivity contribution is 5.67. The van der Waals surface area contributed by atoms with Crippen molar-refractivity contribution in [3.05, 3.63) is 29.6 Å². The Morgan fingerprint density at radius 3 is 2.40 bits per heavy atom. The van der Waals surface area contributed by atoms with Crippen LogP contribution in [0.2, 0.25) is 0 Å². The van der Waals surface area contributed by atoms with E-state index >= 15 is 0 Å². The Labute approximate surface area is 148 Å². The Bertz CT molecular complexity index is 580. The summed E-state index contributed by atoms with van der Waals surface area (Å²) in [5, 5.41) is 8.73. The average molecular weight is 355 g/mol. The second kappa shape index (κ2) is 10.6. The molecule has 140 valence electrons. The van der Waals surface area contributed by atoms with Crippen LogP contribution in [0.3, 0.4) is 0 Å². The number of nitriles is 1. The highest BCUT2D eigenvalue weighted by Gasteiger charge is 2.18. The van der Waals surface area contributed by atoms with E-state index in [1.807, 2.05) is 40.7 Å². The van der Waals surface area contributed by atoms with E-state index in [1.165, 1.54) is 23.2 Å². The van der Waals surface area contributed by atoms with Gasteiger partial charge in [0.2, 0.25) is 0 Å². The number of hydrogen-bond acceptors (Lipinski definition) is 4. The summed E-state index contributed by atoms with van der Waals surface area (Å²) in [5.74, 6) is -0.395. The third-order valence-electron chi connectivity index (χ3n) is 3.16. The molecular formula is C18H27F2N3O2. The Morgan fingerprint density at radius 1 is 1.40 bits per heavy atom. The third-order valence-corrected chi connectivity index (χ3v) is 3.16. The molecule has 0 aliphatic heterocycles. The molecular weight excluding hydrogens is 328 g/mol. The average Bonchev–Trinajstić information content (AvgIpc) is 2.54. The van der Waals surface area contributed by atoms with Gasteiger partial charge < -0.3 is 9.64 Å². The first kappa shape index (κ1) is 22.8. The Hall–Kier alpha value is -2.23. The number of carbonyl (C=O) groups is 1. The van der Waals surface area contributed by atoms with E-state index in [0.29, 0.717) is 18.7 Å². The van der Waals surface area contributed by atoms with Crippen LogP contribution in [0, 0.1) is 11.3 Å². The van der Waals surface area contributed by atoms with Crippen molar-refractivity contribution in [1.29, 1.82) is 5.26 Å². The van der Waals surface area contributed by atoms with E-state index in [0.717, 1.165) is 0 Å². The van der Waals surface area contributed by atoms with Crippen LogP contribution in [0.4, 0.5) is 13.6 Å². The number of amides is 1. The maximum Gasteiger partial charge on any atom is 0.410 e. The lowest BCUT2D eigenvalue weighted by Gasteiger charge is -2.23. The van der Waals surface area contributed by atoms with Crippen LogP contribution >= 0.6 is 0 Å². The number of aromatic nitrogens is 1. The number of carbonyl (C=O) groups excluding carboxylic acids is 1. The van der Waals surface area contributed by atoms with Crippen molar-refractivity contribution < 1.29 is 18.3 Å². The summed E-state index contributed by atoms with van der Waals surface area (Å²) in [7, 11) is 1.72. The van der Waals surface area contributed by atoms with Crippen molar-refractivity contribution in [2.24, 2.45) is 0 Å². The molecule has 1 heterocycles. The van der Waals surface area contributed by atoms with E-state index in [-0.39, 0.29) is 17.3 Å². The molecule has 5 nitrogen and oxygen atoms in total. The molecule has 0 saturated carbocycles. The minimum atomic E-state index is -2.51. The molecule has 1 aromatic rings. The standard InChI is InChI=1S/C10H10F2N2.C8H17NO2/c1-2-7(6-13)9-5-8(10(11)12)3-4-14-9;1-6-9(5)7(10)11-8(2,3)4/h3-5,7,10H,2H2,1H3;6H2,1-5H3. The van der Waals surface area contributed by atoms with Gasteiger partial charge in [-0.25, -0.2) is 13.6 Å². The molecule has 25 heavy (non-hydrogen) atoms. The molecule has 1 rings (SSSR count). The molecule has 1 aromatic heterocycles. The normalized spacial score (nSPS) is 11.8. The van der Waals surface area contributed by atoms with Gasteiger partial charge in [0, 0.05) is 25.4 Å². The zero-order valence-electron chi connectivity index (χ0n) is 15.7. The van der Waals surface area contributed by atoms with Crippen LogP contribution in [0.5, 0.6) is 0 Å². The summed E-state index contributed by atoms with van der Waals surface area (Å²) >= 11 is 0. The number of ether oxygens (including phenoxy) is 1. The molecule has 0 aliphatic carbocycles. The summed E-state index contributed by atoms with van der Waals surface area (Å²) in [6.07, 6.45) is -0.875. The van der Waals surface area contributed by atoms with Crippen molar-refractivity contribution >= 4 is 6.09 Å². The van der Waals surface area contributed by atoms with Crippen LogP contribution in [0.25, 0.3) is 0 Å². The van der Waals surface area contributed by atoms with Crippen LogP contribution in [-0.4, -0.2) is 35.2 Å². The minimum Gasteiger partial charge on any atom is -0.444 e. The van der Waals surface area contributed by atoms with E-state index in [1.54, 1.807) is 7.05 Å². The van der Waals surface area contributed by atoms with Crippen LogP contribution in [0.1, 0.15) is 64.6 Å². The maximum absolute atomic E-state index is 12.3. The molecule has 0 bridgehead atoms. The van der Waals surface area contributed by atoms with E-state index in [2.05, 4.69) is 4.98 Å². The monoisotopic (exact) mass is 355 g/mol. The van der Waals surface area contributed by atoms with Gasteiger partial charge in [0.05, 0.1) is 17.7 Å². The molecule has 0 aliphatic rings. The lowest BCUT2D eigenvalue weighted by atomic mass is 10.0. The highest BCUT2D eigenvalue weighted by atomic mass is 19.3. The van der Waals surface area contributed by atoms with Crippen molar-refractivity contribution in [2.75, 3.05) is 13.6 Å². The van der Waals surface area contributed by atoms with Crippen molar-refractivity contribution in [3.8, 4) is 6.07 Å². The topological polar surface area (TPSA) is 66.2 Å². The first-order valence-corrected chi connectivity index (χ1v) is 8.13. The number of pyridine rings is 1. The van der Waals surface area contributed by atoms with E-state index < -0.39 is 12.3 Å². The van der Waals surface area contributed by atoms with Gasteiger partial charge in [-0.3, -0.25) is 4.98 Å². The van der Waals surface area contributed by atoms with Gasteiger partial charge in [-0.15, -0.1) is 0 Å². The SMILES string of the molecule is CCC(C#N)c1cc(C(F)F)ccn1.CCN(C)C(=O)OC(C)(C)C. The number of halogens is 2. The predicted octanol–water partition coefficient (Wildman–Crippen LogP) is 4.91. The Balaban J connectivity index is 0.000000477. The molecule has 7 heteroatoms. The zero-order valence-corrected chi connectivity index (χ0v) is 15.7. The van der Waals surface area contributed by atoms with Gasteiger partial charge >= 0.3 is 6.09 Å². The van der Waals surface area contributed by atoms with Crippen LogP contribution in [-0.2, 0) is 4.74 Å². The number of alkyl halides is 2. The van der Waals surface area contributed by atoms with Gasteiger partial charge in [0.25, 0.3) is 6.43 Å². The smallest absolute Gasteiger partial charge is 0.410 e. The number of rotatable bonds is 4. The second-order valence-corrected chi connectivity index (χ2v) is 6.40. The van der Waals surface area contributed by atoms with E-state index in [9.17, 15) is 13.6 Å². The largest absolute Gasteiger partial charge is 0.444 e. The molecule has 0 N–H and O–H groups in total. The summed E-state index contributed by atoms with van der Waals surface area (Å²) in [6, 6.07) is 4.58. The van der Waals surface area contributed by atoms with Gasteiger partial charge in [-0.05, 0) is 46.2 Å². The Morgan fingerprint density at radius 2 is 2.00 bits per heavy atom. The molecule has 1 atom stereocenters. The maximum atomic E-state index is 12.3. The molecule has 1 unspecified atom stereocenters. The summed E-state index contributed by atoms with van der Waals surface area (Å²) in [6.45, 7) is 9.97. The fourth-order valence-electron chi connectivity index (χ4n) is 1.63. The lowest BCUT2D eigenvalue weighted by Crippen LogP contribution is -2.33. The number of hydrogen-bond donors (Lipinski definition) is 0. The number of nitrogens with zero attached hydrogens (tertiary/aromatic N) is 3. The molecule has 0 radical (unpaired) electrons. The third kappa shape index (κ3) is 8.99. The quantitative estimate of drug-likeness (QED) is 0.770. The zero-order chi connectivity index (χ0) is 19.6.